The van der Waals surface area contributed by atoms with E-state index in [-0.39, 0.29) is 5.60 Å². The van der Waals surface area contributed by atoms with Gasteiger partial charge in [0, 0.05) is 38.1 Å². The van der Waals surface area contributed by atoms with Crippen LogP contribution in [0.5, 0.6) is 0 Å². The van der Waals surface area contributed by atoms with Crippen LogP contribution < -0.4 is 11.1 Å². The fourth-order valence-electron chi connectivity index (χ4n) is 2.06. The van der Waals surface area contributed by atoms with Crippen LogP contribution in [0.25, 0.3) is 0 Å². The monoisotopic (exact) mass is 236 g/mol. The van der Waals surface area contributed by atoms with E-state index in [9.17, 15) is 0 Å². The van der Waals surface area contributed by atoms with Crippen molar-refractivity contribution >= 4 is 11.4 Å². The molecule has 1 aliphatic heterocycles. The molecule has 17 heavy (non-hydrogen) atoms. The Morgan fingerprint density at radius 3 is 3.00 bits per heavy atom. The molecule has 0 amide bonds. The van der Waals surface area contributed by atoms with Crippen LogP contribution in [0, 0.1) is 6.92 Å². The van der Waals surface area contributed by atoms with Crippen LogP contribution >= 0.6 is 0 Å². The molecule has 1 saturated heterocycles. The van der Waals surface area contributed by atoms with Gasteiger partial charge in [0.15, 0.2) is 0 Å². The summed E-state index contributed by atoms with van der Waals surface area (Å²) < 4.78 is 11.0. The lowest BCUT2D eigenvalue weighted by Gasteiger charge is -2.27. The standard InChI is InChI=1S/C13H20N2O2/c1-10-11(14)4-3-5-12(10)15-8-13(16-2)6-7-17-9-13/h3-5,15H,6-9,14H2,1-2H3. The summed E-state index contributed by atoms with van der Waals surface area (Å²) in [7, 11) is 1.74. The zero-order valence-corrected chi connectivity index (χ0v) is 10.5. The van der Waals surface area contributed by atoms with E-state index in [1.54, 1.807) is 7.11 Å². The largest absolute Gasteiger partial charge is 0.398 e. The molecule has 0 aliphatic carbocycles. The Morgan fingerprint density at radius 1 is 1.53 bits per heavy atom. The number of nitrogens with two attached hydrogens (primary N) is 1. The minimum Gasteiger partial charge on any atom is -0.398 e. The highest BCUT2D eigenvalue weighted by atomic mass is 16.5. The van der Waals surface area contributed by atoms with Crippen LogP contribution in [0.15, 0.2) is 18.2 Å². The SMILES string of the molecule is COC1(CNc2cccc(N)c2C)CCOC1. The third-order valence-electron chi connectivity index (χ3n) is 3.48. The molecule has 1 unspecified atom stereocenters. The summed E-state index contributed by atoms with van der Waals surface area (Å²) in [6.07, 6.45) is 0.928. The van der Waals surface area contributed by atoms with Gasteiger partial charge in [0.05, 0.1) is 6.61 Å². The number of ether oxygens (including phenoxy) is 2. The van der Waals surface area contributed by atoms with Crippen molar-refractivity contribution in [2.24, 2.45) is 0 Å². The number of rotatable bonds is 4. The Labute approximate surface area is 102 Å². The van der Waals surface area contributed by atoms with Gasteiger partial charge in [0.1, 0.15) is 5.60 Å². The van der Waals surface area contributed by atoms with Crippen LogP contribution in [0.2, 0.25) is 0 Å². The summed E-state index contributed by atoms with van der Waals surface area (Å²) in [6, 6.07) is 5.89. The van der Waals surface area contributed by atoms with E-state index in [1.165, 1.54) is 0 Å². The van der Waals surface area contributed by atoms with Crippen molar-refractivity contribution in [3.63, 3.8) is 0 Å². The summed E-state index contributed by atoms with van der Waals surface area (Å²) in [4.78, 5) is 0. The molecule has 0 spiro atoms. The maximum absolute atomic E-state index is 5.87. The molecule has 1 atom stereocenters. The molecule has 0 aromatic heterocycles. The number of hydrogen-bond acceptors (Lipinski definition) is 4. The van der Waals surface area contributed by atoms with Crippen molar-refractivity contribution in [2.75, 3.05) is 37.9 Å². The van der Waals surface area contributed by atoms with Crippen molar-refractivity contribution < 1.29 is 9.47 Å². The molecule has 4 nitrogen and oxygen atoms in total. The molecule has 0 bridgehead atoms. The van der Waals surface area contributed by atoms with Gasteiger partial charge in [-0.1, -0.05) is 6.07 Å². The maximum atomic E-state index is 5.87. The lowest BCUT2D eigenvalue weighted by Crippen LogP contribution is -2.39. The zero-order chi connectivity index (χ0) is 12.3. The predicted octanol–water partition coefficient (Wildman–Crippen LogP) is 1.79. The molecule has 3 N–H and O–H groups in total. The summed E-state index contributed by atoms with van der Waals surface area (Å²) in [5.41, 5.74) is 8.63. The Kier molecular flexibility index (Phi) is 3.54. The van der Waals surface area contributed by atoms with Gasteiger partial charge in [-0.3, -0.25) is 0 Å². The Balaban J connectivity index is 2.04. The van der Waals surface area contributed by atoms with Gasteiger partial charge < -0.3 is 20.5 Å². The van der Waals surface area contributed by atoms with Gasteiger partial charge in [0.25, 0.3) is 0 Å². The highest BCUT2D eigenvalue weighted by Crippen LogP contribution is 2.25. The fraction of sp³-hybridized carbons (Fsp3) is 0.538. The second-order valence-electron chi connectivity index (χ2n) is 4.56. The molecule has 1 aliphatic rings. The van der Waals surface area contributed by atoms with Gasteiger partial charge >= 0.3 is 0 Å². The summed E-state index contributed by atoms with van der Waals surface area (Å²) in [5.74, 6) is 0. The molecule has 94 valence electrons. The lowest BCUT2D eigenvalue weighted by atomic mass is 10.0. The third-order valence-corrected chi connectivity index (χ3v) is 3.48. The minimum absolute atomic E-state index is 0.197. The molecular weight excluding hydrogens is 216 g/mol. The average Bonchev–Trinajstić information content (AvgIpc) is 2.81. The van der Waals surface area contributed by atoms with Crippen molar-refractivity contribution in [3.8, 4) is 0 Å². The maximum Gasteiger partial charge on any atom is 0.110 e. The number of methoxy groups -OCH3 is 1. The van der Waals surface area contributed by atoms with E-state index in [0.29, 0.717) is 6.61 Å². The number of nitrogens with one attached hydrogen (secondary N) is 1. The molecule has 0 radical (unpaired) electrons. The summed E-state index contributed by atoms with van der Waals surface area (Å²) in [6.45, 7) is 4.18. The molecule has 4 heteroatoms. The number of anilines is 2. The summed E-state index contributed by atoms with van der Waals surface area (Å²) in [5, 5.41) is 3.40. The second kappa shape index (κ2) is 4.94. The Hall–Kier alpha value is -1.26. The van der Waals surface area contributed by atoms with Crippen LogP contribution in [0.3, 0.4) is 0 Å². The zero-order valence-electron chi connectivity index (χ0n) is 10.5. The van der Waals surface area contributed by atoms with E-state index in [4.69, 9.17) is 15.2 Å². The highest BCUT2D eigenvalue weighted by molar-refractivity contribution is 5.62. The van der Waals surface area contributed by atoms with E-state index >= 15 is 0 Å². The van der Waals surface area contributed by atoms with Crippen LogP contribution in [0.4, 0.5) is 11.4 Å². The molecule has 1 fully saturated rings. The topological polar surface area (TPSA) is 56.5 Å². The average molecular weight is 236 g/mol. The Morgan fingerprint density at radius 2 is 2.35 bits per heavy atom. The van der Waals surface area contributed by atoms with Gasteiger partial charge in [0.2, 0.25) is 0 Å². The smallest absolute Gasteiger partial charge is 0.110 e. The number of nitrogen functional groups attached to an aromatic ring is 1. The first-order valence-electron chi connectivity index (χ1n) is 5.89. The van der Waals surface area contributed by atoms with E-state index in [0.717, 1.165) is 36.5 Å². The van der Waals surface area contributed by atoms with Gasteiger partial charge in [-0.05, 0) is 24.6 Å². The molecule has 1 aromatic carbocycles. The molecule has 0 saturated carbocycles. The van der Waals surface area contributed by atoms with Crippen LogP contribution in [-0.2, 0) is 9.47 Å². The lowest BCUT2D eigenvalue weighted by molar-refractivity contribution is -0.00620. The van der Waals surface area contributed by atoms with Gasteiger partial charge in [-0.25, -0.2) is 0 Å². The molecular formula is C13H20N2O2. The van der Waals surface area contributed by atoms with Gasteiger partial charge in [-0.2, -0.15) is 0 Å². The fourth-order valence-corrected chi connectivity index (χ4v) is 2.06. The van der Waals surface area contributed by atoms with Crippen LogP contribution in [-0.4, -0.2) is 32.5 Å². The minimum atomic E-state index is -0.197. The normalized spacial score (nSPS) is 23.9. The second-order valence-corrected chi connectivity index (χ2v) is 4.56. The molecule has 1 aromatic rings. The first-order chi connectivity index (χ1) is 8.17. The molecule has 1 heterocycles. The first kappa shape index (κ1) is 12.2. The van der Waals surface area contributed by atoms with E-state index in [2.05, 4.69) is 5.32 Å². The first-order valence-corrected chi connectivity index (χ1v) is 5.89. The summed E-state index contributed by atoms with van der Waals surface area (Å²) >= 11 is 0. The number of benzene rings is 1. The molecule has 2 rings (SSSR count). The quantitative estimate of drug-likeness (QED) is 0.783. The highest BCUT2D eigenvalue weighted by Gasteiger charge is 2.34. The van der Waals surface area contributed by atoms with Crippen LogP contribution in [0.1, 0.15) is 12.0 Å². The van der Waals surface area contributed by atoms with Crippen molar-refractivity contribution in [1.29, 1.82) is 0 Å². The van der Waals surface area contributed by atoms with Crippen molar-refractivity contribution in [3.05, 3.63) is 23.8 Å². The third kappa shape index (κ3) is 2.53. The van der Waals surface area contributed by atoms with Crippen molar-refractivity contribution in [2.45, 2.75) is 18.9 Å². The van der Waals surface area contributed by atoms with Gasteiger partial charge in [-0.15, -0.1) is 0 Å². The van der Waals surface area contributed by atoms with Crippen molar-refractivity contribution in [1.82, 2.24) is 0 Å². The predicted molar refractivity (Wildman–Crippen MR) is 69.3 cm³/mol. The van der Waals surface area contributed by atoms with E-state index in [1.807, 2.05) is 25.1 Å². The number of hydrogen-bond donors (Lipinski definition) is 2. The Bertz CT molecular complexity index is 387. The van der Waals surface area contributed by atoms with E-state index < -0.39 is 0 Å².